The van der Waals surface area contributed by atoms with Crippen molar-refractivity contribution < 1.29 is 22.2 Å². The maximum atomic E-state index is 11.8. The molecule has 0 spiro atoms. The van der Waals surface area contributed by atoms with Crippen molar-refractivity contribution in [2.75, 3.05) is 0 Å². The molecule has 1 rings (SSSR count). The molecule has 1 unspecified atom stereocenters. The molecule has 0 saturated carbocycles. The van der Waals surface area contributed by atoms with Crippen LogP contribution in [0, 0.1) is 0 Å². The first-order valence-corrected chi connectivity index (χ1v) is 8.79. The van der Waals surface area contributed by atoms with Gasteiger partial charge in [0.2, 0.25) is 0 Å². The van der Waals surface area contributed by atoms with Gasteiger partial charge in [-0.05, 0) is 12.5 Å². The summed E-state index contributed by atoms with van der Waals surface area (Å²) < 4.78 is 28.2. The molecular weight excluding hydrogens is 315 g/mol. The van der Waals surface area contributed by atoms with Gasteiger partial charge in [0.1, 0.15) is 0 Å². The van der Waals surface area contributed by atoms with Crippen LogP contribution < -0.4 is 0 Å². The maximum absolute atomic E-state index is 11.8. The van der Waals surface area contributed by atoms with E-state index in [1.807, 2.05) is 0 Å². The van der Waals surface area contributed by atoms with Gasteiger partial charge in [0, 0.05) is 36.0 Å². The van der Waals surface area contributed by atoms with Crippen LogP contribution in [0.5, 0.6) is 0 Å². The smallest absolute Gasteiger partial charge is 0.325 e. The van der Waals surface area contributed by atoms with Gasteiger partial charge >= 0.3 is 16.1 Å². The van der Waals surface area contributed by atoms with E-state index >= 15 is 0 Å². The van der Waals surface area contributed by atoms with E-state index < -0.39 is 27.1 Å². The zero-order valence-electron chi connectivity index (χ0n) is 13.3. The van der Waals surface area contributed by atoms with Crippen molar-refractivity contribution in [3.8, 4) is 0 Å². The molecule has 0 fully saturated rings. The first-order chi connectivity index (χ1) is 9.97. The van der Waals surface area contributed by atoms with Crippen molar-refractivity contribution >= 4 is 51.4 Å². The number of allylic oxidation sites excluding steroid dienone is 3. The van der Waals surface area contributed by atoms with Gasteiger partial charge in [0.15, 0.2) is 11.0 Å². The zero-order chi connectivity index (χ0) is 15.7. The molecule has 7 heteroatoms. The van der Waals surface area contributed by atoms with Gasteiger partial charge in [-0.25, -0.2) is 0 Å². The number of carbonyl (C=O) groups is 2. The fourth-order valence-corrected chi connectivity index (χ4v) is 3.11. The third kappa shape index (κ3) is 7.72. The second-order valence-corrected chi connectivity index (χ2v) is 6.69. The number of unbranched alkanes of at least 4 members (excludes halogenated alkanes) is 5. The van der Waals surface area contributed by atoms with Gasteiger partial charge < -0.3 is 4.18 Å². The van der Waals surface area contributed by atoms with Crippen LogP contribution in [0.4, 0.5) is 0 Å². The first-order valence-electron chi connectivity index (χ1n) is 7.32. The molecule has 0 aliphatic heterocycles. The molecule has 1 radical (unpaired) electrons. The number of ketones is 1. The number of carbonyl (C=O) groups excluding carboxylic acids is 2. The molecule has 22 heavy (non-hydrogen) atoms. The fourth-order valence-electron chi connectivity index (χ4n) is 2.02. The molecule has 5 nitrogen and oxygen atoms in total. The van der Waals surface area contributed by atoms with Gasteiger partial charge in [0.25, 0.3) is 0 Å². The minimum Gasteiger partial charge on any atom is -0.345 e. The first kappa shape index (κ1) is 21.6. The van der Waals surface area contributed by atoms with Crippen LogP contribution in [-0.2, 0) is 23.9 Å². The molecule has 119 valence electrons. The van der Waals surface area contributed by atoms with E-state index in [1.54, 1.807) is 0 Å². The molecule has 1 aliphatic rings. The van der Waals surface area contributed by atoms with E-state index in [1.165, 1.54) is 24.6 Å². The fraction of sp³-hybridized carbons (Fsp3) is 0.600. The molecule has 1 atom stereocenters. The van der Waals surface area contributed by atoms with Gasteiger partial charge in [-0.15, -0.1) is 0 Å². The van der Waals surface area contributed by atoms with Crippen molar-refractivity contribution in [1.29, 1.82) is 0 Å². The average Bonchev–Trinajstić information content (AvgIpc) is 2.42. The van der Waals surface area contributed by atoms with E-state index in [-0.39, 0.29) is 36.0 Å². The summed E-state index contributed by atoms with van der Waals surface area (Å²) in [5.41, 5.74) is 0. The third-order valence-electron chi connectivity index (χ3n) is 3.19. The molecule has 0 amide bonds. The van der Waals surface area contributed by atoms with Crippen LogP contribution in [0.3, 0.4) is 0 Å². The van der Waals surface area contributed by atoms with Crippen LogP contribution in [0.25, 0.3) is 0 Å². The molecule has 1 aliphatic carbocycles. The maximum Gasteiger partial charge on any atom is 0.325 e. The van der Waals surface area contributed by atoms with Gasteiger partial charge in [-0.2, -0.15) is 8.42 Å². The van der Waals surface area contributed by atoms with Crippen molar-refractivity contribution in [3.63, 3.8) is 0 Å². The largest absolute Gasteiger partial charge is 0.345 e. The van der Waals surface area contributed by atoms with Crippen molar-refractivity contribution in [2.24, 2.45) is 0 Å². The Labute approximate surface area is 154 Å². The Balaban J connectivity index is 0.00000441. The molecule has 0 aromatic rings. The molecule has 0 N–H and O–H groups in total. The summed E-state index contributed by atoms with van der Waals surface area (Å²) in [6.45, 7) is 2.12. The van der Waals surface area contributed by atoms with Crippen LogP contribution in [0.2, 0.25) is 0 Å². The van der Waals surface area contributed by atoms with Crippen LogP contribution >= 0.6 is 0 Å². The predicted octanol–water partition coefficient (Wildman–Crippen LogP) is 2.29. The Bertz CT molecular complexity index is 522. The minimum absolute atomic E-state index is 0. The van der Waals surface area contributed by atoms with Crippen molar-refractivity contribution in [3.05, 3.63) is 24.3 Å². The summed E-state index contributed by atoms with van der Waals surface area (Å²) >= 11 is 0. The molecule has 0 aromatic heterocycles. The zero-order valence-corrected chi connectivity index (χ0v) is 16.1. The molecule has 0 aromatic carbocycles. The van der Waals surface area contributed by atoms with Crippen LogP contribution in [0.1, 0.15) is 51.9 Å². The van der Waals surface area contributed by atoms with Crippen molar-refractivity contribution in [2.45, 2.75) is 57.1 Å². The van der Waals surface area contributed by atoms with E-state index in [0.29, 0.717) is 6.42 Å². The summed E-state index contributed by atoms with van der Waals surface area (Å²) in [6, 6.07) is 0. The SMILES string of the molecule is CCCCCCCCC(=O)OS(=O)(=O)C1C=CC=CC1=O.[Na]. The average molecular weight is 337 g/mol. The van der Waals surface area contributed by atoms with Crippen LogP contribution in [-0.4, -0.2) is 55.0 Å². The van der Waals surface area contributed by atoms with E-state index in [2.05, 4.69) is 11.1 Å². The van der Waals surface area contributed by atoms with Crippen LogP contribution in [0.15, 0.2) is 24.3 Å². The van der Waals surface area contributed by atoms with Crippen molar-refractivity contribution in [1.82, 2.24) is 0 Å². The minimum atomic E-state index is -4.22. The molecule has 0 heterocycles. The van der Waals surface area contributed by atoms with E-state index in [4.69, 9.17) is 0 Å². The predicted molar refractivity (Wildman–Crippen MR) is 85.8 cm³/mol. The van der Waals surface area contributed by atoms with Gasteiger partial charge in [0.05, 0.1) is 0 Å². The summed E-state index contributed by atoms with van der Waals surface area (Å²) in [4.78, 5) is 23.0. The summed E-state index contributed by atoms with van der Waals surface area (Å²) in [7, 11) is -4.22. The Morgan fingerprint density at radius 2 is 1.77 bits per heavy atom. The number of hydrogen-bond acceptors (Lipinski definition) is 5. The quantitative estimate of drug-likeness (QED) is 0.366. The normalized spacial score (nSPS) is 17.1. The molecule has 0 bridgehead atoms. The second-order valence-electron chi connectivity index (χ2n) is 5.03. The summed E-state index contributed by atoms with van der Waals surface area (Å²) in [5.74, 6) is -1.38. The summed E-state index contributed by atoms with van der Waals surface area (Å²) in [5, 5.41) is -1.41. The number of rotatable bonds is 9. The molecular formula is C15H22NaO5S. The Hall–Kier alpha value is -0.430. The topological polar surface area (TPSA) is 77.5 Å². The van der Waals surface area contributed by atoms with Gasteiger partial charge in [-0.1, -0.05) is 57.3 Å². The number of hydrogen-bond donors (Lipinski definition) is 0. The standard InChI is InChI=1S/C15H22O5S.Na/c1-2-3-4-5-6-7-12-15(17)20-21(18,19)14-11-9-8-10-13(14)16;/h8-11,14H,2-7,12H2,1H3;. The van der Waals surface area contributed by atoms with Gasteiger partial charge in [-0.3, -0.25) is 9.59 Å². The summed E-state index contributed by atoms with van der Waals surface area (Å²) in [6.07, 6.45) is 11.3. The van der Waals surface area contributed by atoms with E-state index in [0.717, 1.165) is 31.8 Å². The Morgan fingerprint density at radius 3 is 2.41 bits per heavy atom. The van der Waals surface area contributed by atoms with E-state index in [9.17, 15) is 18.0 Å². The third-order valence-corrected chi connectivity index (χ3v) is 4.62. The monoisotopic (exact) mass is 337 g/mol. The Morgan fingerprint density at radius 1 is 1.14 bits per heavy atom. The second kappa shape index (κ2) is 11.2. The molecule has 0 saturated heterocycles. The Kier molecular flexibility index (Phi) is 10.9.